The van der Waals surface area contributed by atoms with Gasteiger partial charge in [0.05, 0.1) is 21.4 Å². The molecule has 1 aliphatic carbocycles. The molecule has 8 nitrogen and oxygen atoms in total. The van der Waals surface area contributed by atoms with E-state index in [-0.39, 0.29) is 41.0 Å². The summed E-state index contributed by atoms with van der Waals surface area (Å²) >= 11 is 11.9. The number of aryl methyl sites for hydroxylation is 1. The van der Waals surface area contributed by atoms with E-state index in [4.69, 9.17) is 33.4 Å². The fourth-order valence-corrected chi connectivity index (χ4v) is 3.56. The van der Waals surface area contributed by atoms with Gasteiger partial charge in [-0.1, -0.05) is 23.2 Å². The highest BCUT2D eigenvalue weighted by atomic mass is 35.5. The van der Waals surface area contributed by atoms with E-state index in [2.05, 4.69) is 10.3 Å². The van der Waals surface area contributed by atoms with Crippen molar-refractivity contribution < 1.29 is 23.2 Å². The maximum Gasteiger partial charge on any atom is 0.309 e. The lowest BCUT2D eigenvalue weighted by Gasteiger charge is -2.22. The monoisotopic (exact) mass is 490 g/mol. The maximum absolute atomic E-state index is 13.5. The number of halogens is 3. The van der Waals surface area contributed by atoms with Crippen LogP contribution in [-0.2, 0) is 9.59 Å². The van der Waals surface area contributed by atoms with Gasteiger partial charge in [-0.15, -0.1) is 0 Å². The molecule has 1 aliphatic rings. The second-order valence-corrected chi connectivity index (χ2v) is 8.37. The second-order valence-electron chi connectivity index (χ2n) is 7.56. The first kappa shape index (κ1) is 22.8. The Balaban J connectivity index is 1.70. The Labute approximate surface area is 197 Å². The summed E-state index contributed by atoms with van der Waals surface area (Å²) in [5, 5.41) is 3.19. The third-order valence-electron chi connectivity index (χ3n) is 5.28. The number of primary amides is 1. The molecular weight excluding hydrogens is 474 g/mol. The number of nitrogens with one attached hydrogen (secondary N) is 1. The summed E-state index contributed by atoms with van der Waals surface area (Å²) in [6.07, 6.45) is 0.534. The number of hydrogen-bond acceptors (Lipinski definition) is 5. The summed E-state index contributed by atoms with van der Waals surface area (Å²) in [6, 6.07) is 9.24. The van der Waals surface area contributed by atoms with Gasteiger partial charge in [-0.25, -0.2) is 9.29 Å². The van der Waals surface area contributed by atoms with Crippen molar-refractivity contribution in [3.05, 3.63) is 69.8 Å². The first-order valence-electron chi connectivity index (χ1n) is 9.76. The van der Waals surface area contributed by atoms with E-state index in [9.17, 15) is 18.8 Å². The number of carbonyl (C=O) groups excluding carboxylic acids is 3. The molecule has 1 aromatic heterocycles. The third kappa shape index (κ3) is 4.29. The van der Waals surface area contributed by atoms with Crippen LogP contribution in [-0.4, -0.2) is 22.7 Å². The number of anilines is 3. The van der Waals surface area contributed by atoms with Crippen LogP contribution < -0.4 is 16.0 Å². The lowest BCUT2D eigenvalue weighted by atomic mass is 10.0. The van der Waals surface area contributed by atoms with Gasteiger partial charge in [0.1, 0.15) is 11.2 Å². The van der Waals surface area contributed by atoms with E-state index in [0.717, 1.165) is 17.0 Å². The highest BCUT2D eigenvalue weighted by molar-refractivity contribution is 6.42. The molecule has 11 heteroatoms. The van der Waals surface area contributed by atoms with Crippen LogP contribution in [0.3, 0.4) is 0 Å². The molecule has 3 amide bonds. The average Bonchev–Trinajstić information content (AvgIpc) is 3.50. The van der Waals surface area contributed by atoms with Gasteiger partial charge in [-0.3, -0.25) is 14.4 Å². The van der Waals surface area contributed by atoms with Gasteiger partial charge in [0.25, 0.3) is 11.8 Å². The Bertz CT molecular complexity index is 1270. The van der Waals surface area contributed by atoms with Crippen molar-refractivity contribution in [2.24, 2.45) is 11.1 Å². The third-order valence-corrected chi connectivity index (χ3v) is 6.02. The standard InChI is InChI=1S/C22H17Cl2FN4O4/c1-11-17(18(30)28-13-4-7-15(23)16(24)10-13)33-21(27-11)29(14-5-2-12(25)3-6-14)20(32)22(8-9-22)19(26)31/h2-7,10H,8-9H2,1H3,(H2,26,31)(H,28,30). The van der Waals surface area contributed by atoms with E-state index < -0.39 is 29.0 Å². The zero-order valence-corrected chi connectivity index (χ0v) is 18.7. The van der Waals surface area contributed by atoms with Crippen LogP contribution in [0.5, 0.6) is 0 Å². The Kier molecular flexibility index (Phi) is 5.85. The van der Waals surface area contributed by atoms with Crippen LogP contribution in [0.1, 0.15) is 29.1 Å². The van der Waals surface area contributed by atoms with Crippen LogP contribution in [0.25, 0.3) is 0 Å². The number of rotatable bonds is 6. The fourth-order valence-electron chi connectivity index (χ4n) is 3.26. The molecule has 170 valence electrons. The minimum atomic E-state index is -1.40. The van der Waals surface area contributed by atoms with Gasteiger partial charge < -0.3 is 15.5 Å². The van der Waals surface area contributed by atoms with Gasteiger partial charge >= 0.3 is 6.01 Å². The SMILES string of the molecule is Cc1nc(N(C(=O)C2(C(N)=O)CC2)c2ccc(F)cc2)oc1C(=O)Nc1ccc(Cl)c(Cl)c1. The molecular formula is C22H17Cl2FN4O4. The average molecular weight is 491 g/mol. The maximum atomic E-state index is 13.5. The molecule has 1 saturated carbocycles. The first-order valence-corrected chi connectivity index (χ1v) is 10.5. The van der Waals surface area contributed by atoms with Crippen molar-refractivity contribution in [3.63, 3.8) is 0 Å². The molecule has 0 saturated heterocycles. The van der Waals surface area contributed by atoms with E-state index in [1.165, 1.54) is 31.2 Å². The van der Waals surface area contributed by atoms with Crippen molar-refractivity contribution in [3.8, 4) is 0 Å². The van der Waals surface area contributed by atoms with Crippen molar-refractivity contribution >= 4 is 58.3 Å². The van der Waals surface area contributed by atoms with E-state index in [1.807, 2.05) is 0 Å². The van der Waals surface area contributed by atoms with Crippen molar-refractivity contribution in [2.75, 3.05) is 10.2 Å². The number of nitrogens with zero attached hydrogens (tertiary/aromatic N) is 2. The predicted octanol–water partition coefficient (Wildman–Crippen LogP) is 4.61. The predicted molar refractivity (Wildman–Crippen MR) is 120 cm³/mol. The quantitative estimate of drug-likeness (QED) is 0.489. The summed E-state index contributed by atoms with van der Waals surface area (Å²) in [7, 11) is 0. The number of amides is 3. The molecule has 3 aromatic rings. The Hall–Kier alpha value is -3.43. The van der Waals surface area contributed by atoms with Crippen molar-refractivity contribution in [2.45, 2.75) is 19.8 Å². The summed E-state index contributed by atoms with van der Waals surface area (Å²) in [6.45, 7) is 1.52. The first-order chi connectivity index (χ1) is 15.6. The lowest BCUT2D eigenvalue weighted by molar-refractivity contribution is -0.133. The molecule has 0 bridgehead atoms. The molecule has 0 aliphatic heterocycles. The van der Waals surface area contributed by atoms with Gasteiger partial charge in [-0.2, -0.15) is 4.98 Å². The van der Waals surface area contributed by atoms with E-state index >= 15 is 0 Å². The lowest BCUT2D eigenvalue weighted by Crippen LogP contribution is -2.41. The highest BCUT2D eigenvalue weighted by Crippen LogP contribution is 2.49. The largest absolute Gasteiger partial charge is 0.417 e. The summed E-state index contributed by atoms with van der Waals surface area (Å²) in [5.41, 5.74) is 4.81. The molecule has 3 N–H and O–H groups in total. The molecule has 0 spiro atoms. The summed E-state index contributed by atoms with van der Waals surface area (Å²) < 4.78 is 19.1. The molecule has 1 heterocycles. The molecule has 1 fully saturated rings. The number of oxazole rings is 1. The molecule has 2 aromatic carbocycles. The van der Waals surface area contributed by atoms with Crippen molar-refractivity contribution in [1.82, 2.24) is 4.98 Å². The number of hydrogen-bond donors (Lipinski definition) is 2. The van der Waals surface area contributed by atoms with E-state index in [1.54, 1.807) is 6.07 Å². The number of carbonyl (C=O) groups is 3. The Morgan fingerprint density at radius 2 is 1.79 bits per heavy atom. The Morgan fingerprint density at radius 3 is 2.36 bits per heavy atom. The van der Waals surface area contributed by atoms with Crippen LogP contribution >= 0.6 is 23.2 Å². The fraction of sp³-hybridized carbons (Fsp3) is 0.182. The summed E-state index contributed by atoms with van der Waals surface area (Å²) in [4.78, 5) is 43.3. The highest BCUT2D eigenvalue weighted by Gasteiger charge is 2.58. The molecule has 4 rings (SSSR count). The van der Waals surface area contributed by atoms with Crippen LogP contribution in [0, 0.1) is 18.2 Å². The molecule has 0 radical (unpaired) electrons. The topological polar surface area (TPSA) is 119 Å². The van der Waals surface area contributed by atoms with Gasteiger partial charge in [0, 0.05) is 5.69 Å². The van der Waals surface area contributed by atoms with Gasteiger partial charge in [0.2, 0.25) is 11.7 Å². The molecule has 33 heavy (non-hydrogen) atoms. The smallest absolute Gasteiger partial charge is 0.309 e. The van der Waals surface area contributed by atoms with Crippen LogP contribution in [0.2, 0.25) is 10.0 Å². The minimum Gasteiger partial charge on any atom is -0.417 e. The number of benzene rings is 2. The Morgan fingerprint density at radius 1 is 1.12 bits per heavy atom. The molecule has 0 atom stereocenters. The normalized spacial score (nSPS) is 13.9. The van der Waals surface area contributed by atoms with E-state index in [0.29, 0.717) is 10.7 Å². The van der Waals surface area contributed by atoms with Crippen molar-refractivity contribution in [1.29, 1.82) is 0 Å². The van der Waals surface area contributed by atoms with Crippen LogP contribution in [0.4, 0.5) is 21.8 Å². The van der Waals surface area contributed by atoms with Gasteiger partial charge in [-0.05, 0) is 62.2 Å². The van der Waals surface area contributed by atoms with Crippen LogP contribution in [0.15, 0.2) is 46.9 Å². The second kappa shape index (κ2) is 8.49. The zero-order valence-electron chi connectivity index (χ0n) is 17.2. The minimum absolute atomic E-state index is 0.167. The summed E-state index contributed by atoms with van der Waals surface area (Å²) in [5.74, 6) is -2.78. The van der Waals surface area contributed by atoms with Gasteiger partial charge in [0.15, 0.2) is 0 Å². The molecule has 0 unspecified atom stereocenters. The zero-order chi connectivity index (χ0) is 23.9. The number of aromatic nitrogens is 1. The number of nitrogens with two attached hydrogens (primary N) is 1.